The number of rotatable bonds is 4. The molecule has 3 aromatic heterocycles. The van der Waals surface area contributed by atoms with Crippen molar-refractivity contribution in [2.24, 2.45) is 5.41 Å². The Kier molecular flexibility index (Phi) is 7.65. The minimum atomic E-state index is -0.480. The highest BCUT2D eigenvalue weighted by Crippen LogP contribution is 2.42. The van der Waals surface area contributed by atoms with Gasteiger partial charge in [-0.25, -0.2) is 19.7 Å². The van der Waals surface area contributed by atoms with Gasteiger partial charge in [0.15, 0.2) is 5.13 Å². The third-order valence-electron chi connectivity index (χ3n) is 7.47. The summed E-state index contributed by atoms with van der Waals surface area (Å²) in [6, 6.07) is 3.65. The van der Waals surface area contributed by atoms with Crippen LogP contribution in [0.3, 0.4) is 0 Å². The number of nitrogens with zero attached hydrogens (tertiary/aromatic N) is 5. The SMILES string of the molecule is Cc1nc(C)c(-c2csc(Nc3ccc(C(=O)N4CCC5(CCN(C(=O)OC(C)(C)C)CC5)CC4)cn3)n2)s1. The van der Waals surface area contributed by atoms with Gasteiger partial charge in [0, 0.05) is 37.8 Å². The molecule has 2 fully saturated rings. The second kappa shape index (κ2) is 10.8. The van der Waals surface area contributed by atoms with Gasteiger partial charge < -0.3 is 19.9 Å². The molecule has 2 aliphatic heterocycles. The van der Waals surface area contributed by atoms with Gasteiger partial charge in [0.05, 0.1) is 26.8 Å². The van der Waals surface area contributed by atoms with Crippen LogP contribution < -0.4 is 5.32 Å². The number of hydrogen-bond acceptors (Lipinski definition) is 9. The van der Waals surface area contributed by atoms with Crippen LogP contribution in [0.25, 0.3) is 10.6 Å². The van der Waals surface area contributed by atoms with Crippen LogP contribution in [0, 0.1) is 19.3 Å². The predicted octanol–water partition coefficient (Wildman–Crippen LogP) is 6.28. The van der Waals surface area contributed by atoms with Gasteiger partial charge in [0.1, 0.15) is 11.4 Å². The predicted molar refractivity (Wildman–Crippen MR) is 155 cm³/mol. The smallest absolute Gasteiger partial charge is 0.410 e. The summed E-state index contributed by atoms with van der Waals surface area (Å²) in [7, 11) is 0. The molecule has 1 spiro atoms. The van der Waals surface area contributed by atoms with Gasteiger partial charge in [-0.2, -0.15) is 0 Å². The molecule has 11 heteroatoms. The number of aryl methyl sites for hydroxylation is 2. The second-order valence-corrected chi connectivity index (χ2v) is 13.6. The molecule has 208 valence electrons. The molecule has 3 aromatic rings. The van der Waals surface area contributed by atoms with Crippen LogP contribution in [0.1, 0.15) is 67.5 Å². The number of likely N-dealkylation sites (tertiary alicyclic amines) is 2. The third kappa shape index (κ3) is 6.41. The van der Waals surface area contributed by atoms with Gasteiger partial charge in [-0.15, -0.1) is 22.7 Å². The van der Waals surface area contributed by atoms with E-state index >= 15 is 0 Å². The van der Waals surface area contributed by atoms with Crippen molar-refractivity contribution in [2.75, 3.05) is 31.5 Å². The monoisotopic (exact) mass is 568 g/mol. The van der Waals surface area contributed by atoms with Crippen molar-refractivity contribution in [3.05, 3.63) is 40.0 Å². The molecule has 0 radical (unpaired) electrons. The molecule has 0 aliphatic carbocycles. The van der Waals surface area contributed by atoms with E-state index < -0.39 is 5.60 Å². The molecule has 1 N–H and O–H groups in total. The molecule has 2 aliphatic rings. The van der Waals surface area contributed by atoms with E-state index in [0.29, 0.717) is 24.5 Å². The standard InChI is InChI=1S/C28H36N6O3S2/c1-18-23(39-19(2)30-18)21-17-38-25(31-21)32-22-7-6-20(16-29-22)24(35)33-12-8-28(9-13-33)10-14-34(15-11-28)26(36)37-27(3,4)5/h6-7,16-17H,8-15H2,1-5H3,(H,29,31,32). The first-order chi connectivity index (χ1) is 18.5. The fraction of sp³-hybridized carbons (Fsp3) is 0.536. The molecule has 0 aromatic carbocycles. The lowest BCUT2D eigenvalue weighted by Crippen LogP contribution is -2.50. The Bertz CT molecular complexity index is 1330. The number of carbonyl (C=O) groups excluding carboxylic acids is 2. The highest BCUT2D eigenvalue weighted by atomic mass is 32.1. The van der Waals surface area contributed by atoms with Gasteiger partial charge in [0.25, 0.3) is 5.91 Å². The molecule has 2 saturated heterocycles. The second-order valence-electron chi connectivity index (χ2n) is 11.5. The average molecular weight is 569 g/mol. The quantitative estimate of drug-likeness (QED) is 0.396. The largest absolute Gasteiger partial charge is 0.444 e. The minimum Gasteiger partial charge on any atom is -0.444 e. The minimum absolute atomic E-state index is 0.0164. The Morgan fingerprint density at radius 3 is 2.23 bits per heavy atom. The van der Waals surface area contributed by atoms with Crippen molar-refractivity contribution in [3.8, 4) is 10.6 Å². The summed E-state index contributed by atoms with van der Waals surface area (Å²) in [5, 5.41) is 7.04. The number of ether oxygens (including phenoxy) is 1. The van der Waals surface area contributed by atoms with Crippen LogP contribution >= 0.6 is 22.7 Å². The number of thiazole rings is 2. The molecule has 39 heavy (non-hydrogen) atoms. The zero-order valence-corrected chi connectivity index (χ0v) is 24.9. The van der Waals surface area contributed by atoms with Gasteiger partial charge in [-0.3, -0.25) is 4.79 Å². The van der Waals surface area contributed by atoms with Crippen LogP contribution in [-0.2, 0) is 4.74 Å². The van der Waals surface area contributed by atoms with Crippen molar-refractivity contribution >= 4 is 45.6 Å². The number of amides is 2. The number of aromatic nitrogens is 3. The third-order valence-corrected chi connectivity index (χ3v) is 9.33. The fourth-order valence-corrected chi connectivity index (χ4v) is 6.93. The first-order valence-electron chi connectivity index (χ1n) is 13.4. The van der Waals surface area contributed by atoms with Gasteiger partial charge in [-0.05, 0) is 77.8 Å². The fourth-order valence-electron chi connectivity index (χ4n) is 5.27. The van der Waals surface area contributed by atoms with Crippen molar-refractivity contribution < 1.29 is 14.3 Å². The molecular formula is C28H36N6O3S2. The van der Waals surface area contributed by atoms with Crippen molar-refractivity contribution in [1.82, 2.24) is 24.8 Å². The number of hydrogen-bond donors (Lipinski definition) is 1. The van der Waals surface area contributed by atoms with Gasteiger partial charge in [-0.1, -0.05) is 0 Å². The lowest BCUT2D eigenvalue weighted by Gasteiger charge is -2.46. The zero-order valence-electron chi connectivity index (χ0n) is 23.2. The number of anilines is 2. The van der Waals surface area contributed by atoms with Crippen LogP contribution in [-0.4, -0.2) is 68.5 Å². The lowest BCUT2D eigenvalue weighted by atomic mass is 9.71. The summed E-state index contributed by atoms with van der Waals surface area (Å²) in [6.45, 7) is 12.6. The maximum absolute atomic E-state index is 13.2. The molecule has 5 rings (SSSR count). The topological polar surface area (TPSA) is 101 Å². The van der Waals surface area contributed by atoms with E-state index in [9.17, 15) is 9.59 Å². The van der Waals surface area contributed by atoms with Crippen LogP contribution in [0.4, 0.5) is 15.7 Å². The van der Waals surface area contributed by atoms with Crippen molar-refractivity contribution in [1.29, 1.82) is 0 Å². The molecule has 9 nitrogen and oxygen atoms in total. The normalized spacial score (nSPS) is 17.4. The van der Waals surface area contributed by atoms with E-state index in [1.807, 2.05) is 61.9 Å². The highest BCUT2D eigenvalue weighted by Gasteiger charge is 2.40. The van der Waals surface area contributed by atoms with E-state index in [-0.39, 0.29) is 17.4 Å². The van der Waals surface area contributed by atoms with Crippen LogP contribution in [0.2, 0.25) is 0 Å². The average Bonchev–Trinajstić information content (AvgIpc) is 3.49. The number of piperidine rings is 2. The molecular weight excluding hydrogens is 532 g/mol. The lowest BCUT2D eigenvalue weighted by molar-refractivity contribution is -0.00113. The first kappa shape index (κ1) is 27.5. The van der Waals surface area contributed by atoms with E-state index in [0.717, 1.165) is 65.2 Å². The number of pyridine rings is 1. The van der Waals surface area contributed by atoms with Gasteiger partial charge in [0.2, 0.25) is 0 Å². The van der Waals surface area contributed by atoms with E-state index in [4.69, 9.17) is 4.74 Å². The van der Waals surface area contributed by atoms with E-state index in [2.05, 4.69) is 20.3 Å². The molecule has 5 heterocycles. The summed E-state index contributed by atoms with van der Waals surface area (Å²) in [5.74, 6) is 0.668. The Morgan fingerprint density at radius 2 is 1.67 bits per heavy atom. The molecule has 0 atom stereocenters. The summed E-state index contributed by atoms with van der Waals surface area (Å²) in [6.07, 6.45) is 5.24. The van der Waals surface area contributed by atoms with Crippen molar-refractivity contribution in [3.63, 3.8) is 0 Å². The zero-order chi connectivity index (χ0) is 27.8. The highest BCUT2D eigenvalue weighted by molar-refractivity contribution is 7.16. The Hall–Kier alpha value is -3.05. The van der Waals surface area contributed by atoms with Gasteiger partial charge >= 0.3 is 6.09 Å². The summed E-state index contributed by atoms with van der Waals surface area (Å²) < 4.78 is 5.54. The summed E-state index contributed by atoms with van der Waals surface area (Å²) >= 11 is 3.16. The molecule has 2 amide bonds. The molecule has 0 unspecified atom stereocenters. The van der Waals surface area contributed by atoms with E-state index in [1.54, 1.807) is 17.5 Å². The number of carbonyl (C=O) groups is 2. The van der Waals surface area contributed by atoms with Crippen molar-refractivity contribution in [2.45, 2.75) is 65.9 Å². The molecule has 0 saturated carbocycles. The molecule has 0 bridgehead atoms. The van der Waals surface area contributed by atoms with Crippen LogP contribution in [0.5, 0.6) is 0 Å². The Morgan fingerprint density at radius 1 is 1.00 bits per heavy atom. The van der Waals surface area contributed by atoms with Crippen LogP contribution in [0.15, 0.2) is 23.7 Å². The van der Waals surface area contributed by atoms with E-state index in [1.165, 1.54) is 11.3 Å². The maximum atomic E-state index is 13.2. The first-order valence-corrected chi connectivity index (χ1v) is 15.1. The Labute approximate surface area is 237 Å². The number of nitrogens with one attached hydrogen (secondary N) is 1. The maximum Gasteiger partial charge on any atom is 0.410 e. The summed E-state index contributed by atoms with van der Waals surface area (Å²) in [5.41, 5.74) is 2.21. The Balaban J connectivity index is 1.12. The summed E-state index contributed by atoms with van der Waals surface area (Å²) in [4.78, 5) is 44.1.